The van der Waals surface area contributed by atoms with Gasteiger partial charge < -0.3 is 19.5 Å². The van der Waals surface area contributed by atoms with Gasteiger partial charge in [0, 0.05) is 12.8 Å². The number of carbonyl (C=O) groups excluding carboxylic acids is 2. The molecule has 1 aromatic rings. The Morgan fingerprint density at radius 1 is 1.22 bits per heavy atom. The van der Waals surface area contributed by atoms with Crippen LogP contribution in [0.3, 0.4) is 0 Å². The maximum Gasteiger partial charge on any atom is 0.341 e. The monoisotopic (exact) mass is 323 g/mol. The van der Waals surface area contributed by atoms with E-state index in [1.54, 1.807) is 19.1 Å². The highest BCUT2D eigenvalue weighted by atomic mass is 16.5. The van der Waals surface area contributed by atoms with E-state index in [1.807, 2.05) is 13.8 Å². The topological polar surface area (TPSA) is 73.9 Å². The molecule has 0 aliphatic rings. The zero-order chi connectivity index (χ0) is 17.5. The van der Waals surface area contributed by atoms with Gasteiger partial charge in [0.2, 0.25) is 0 Å². The molecule has 1 amide bonds. The number of hydrogen-bond donors (Lipinski definition) is 1. The van der Waals surface area contributed by atoms with Gasteiger partial charge in [-0.3, -0.25) is 4.79 Å². The Morgan fingerprint density at radius 3 is 2.43 bits per heavy atom. The number of amides is 1. The largest absolute Gasteiger partial charge is 0.493 e. The van der Waals surface area contributed by atoms with Gasteiger partial charge >= 0.3 is 5.97 Å². The van der Waals surface area contributed by atoms with Crippen LogP contribution in [-0.4, -0.2) is 38.3 Å². The number of methoxy groups -OCH3 is 2. The molecule has 0 spiro atoms. The summed E-state index contributed by atoms with van der Waals surface area (Å²) in [4.78, 5) is 24.3. The standard InChI is InChI=1S/C17H25NO5/c1-6-10-17(3,22-5)16(20)18-12-8-9-14(23-7-2)13(11-12)15(19)21-4/h8-9,11H,6-7,10H2,1-5H3,(H,18,20)/t17-/m1/s1. The summed E-state index contributed by atoms with van der Waals surface area (Å²) in [5, 5.41) is 2.78. The molecule has 23 heavy (non-hydrogen) atoms. The zero-order valence-electron chi connectivity index (χ0n) is 14.4. The zero-order valence-corrected chi connectivity index (χ0v) is 14.4. The summed E-state index contributed by atoms with van der Waals surface area (Å²) in [5.41, 5.74) is -0.168. The van der Waals surface area contributed by atoms with Crippen molar-refractivity contribution in [2.24, 2.45) is 0 Å². The summed E-state index contributed by atoms with van der Waals surface area (Å²) >= 11 is 0. The van der Waals surface area contributed by atoms with Crippen molar-refractivity contribution in [2.45, 2.75) is 39.2 Å². The van der Waals surface area contributed by atoms with E-state index in [0.717, 1.165) is 6.42 Å². The number of ether oxygens (including phenoxy) is 3. The summed E-state index contributed by atoms with van der Waals surface area (Å²) in [6.07, 6.45) is 1.41. The first kappa shape index (κ1) is 19.0. The third-order valence-corrected chi connectivity index (χ3v) is 3.60. The van der Waals surface area contributed by atoms with Gasteiger partial charge in [-0.15, -0.1) is 0 Å². The van der Waals surface area contributed by atoms with Crippen LogP contribution in [0.1, 0.15) is 44.0 Å². The van der Waals surface area contributed by atoms with E-state index in [1.165, 1.54) is 20.3 Å². The normalized spacial score (nSPS) is 13.1. The lowest BCUT2D eigenvalue weighted by atomic mass is 9.99. The number of nitrogens with one attached hydrogen (secondary N) is 1. The summed E-state index contributed by atoms with van der Waals surface area (Å²) < 4.78 is 15.5. The second kappa shape index (κ2) is 8.53. The van der Waals surface area contributed by atoms with E-state index >= 15 is 0 Å². The molecular formula is C17H25NO5. The fraction of sp³-hybridized carbons (Fsp3) is 0.529. The Hall–Kier alpha value is -2.08. The van der Waals surface area contributed by atoms with Gasteiger partial charge in [-0.1, -0.05) is 13.3 Å². The highest BCUT2D eigenvalue weighted by Crippen LogP contribution is 2.25. The van der Waals surface area contributed by atoms with E-state index in [0.29, 0.717) is 24.5 Å². The van der Waals surface area contributed by atoms with E-state index in [9.17, 15) is 9.59 Å². The first-order valence-corrected chi connectivity index (χ1v) is 7.63. The molecular weight excluding hydrogens is 298 g/mol. The Bertz CT molecular complexity index is 558. The summed E-state index contributed by atoms with van der Waals surface area (Å²) in [6.45, 7) is 5.97. The van der Waals surface area contributed by atoms with Crippen LogP contribution in [0.2, 0.25) is 0 Å². The van der Waals surface area contributed by atoms with Gasteiger partial charge in [-0.05, 0) is 38.5 Å². The van der Waals surface area contributed by atoms with E-state index in [4.69, 9.17) is 14.2 Å². The number of carbonyl (C=O) groups is 2. The van der Waals surface area contributed by atoms with Gasteiger partial charge in [0.1, 0.15) is 16.9 Å². The lowest BCUT2D eigenvalue weighted by Gasteiger charge is -2.26. The van der Waals surface area contributed by atoms with Crippen LogP contribution in [0.25, 0.3) is 0 Å². The van der Waals surface area contributed by atoms with Crippen molar-refractivity contribution in [2.75, 3.05) is 26.1 Å². The molecule has 0 radical (unpaired) electrons. The van der Waals surface area contributed by atoms with E-state index in [2.05, 4.69) is 5.32 Å². The molecule has 0 fully saturated rings. The smallest absolute Gasteiger partial charge is 0.341 e. The Morgan fingerprint density at radius 2 is 1.91 bits per heavy atom. The molecule has 0 heterocycles. The average Bonchev–Trinajstić information content (AvgIpc) is 2.55. The lowest BCUT2D eigenvalue weighted by Crippen LogP contribution is -2.41. The minimum absolute atomic E-state index is 0.262. The predicted molar refractivity (Wildman–Crippen MR) is 87.9 cm³/mol. The molecule has 1 rings (SSSR count). The van der Waals surface area contributed by atoms with Crippen molar-refractivity contribution >= 4 is 17.6 Å². The van der Waals surface area contributed by atoms with E-state index in [-0.39, 0.29) is 11.5 Å². The molecule has 0 bridgehead atoms. The fourth-order valence-electron chi connectivity index (χ4n) is 2.21. The number of anilines is 1. The van der Waals surface area contributed by atoms with Crippen molar-refractivity contribution in [3.8, 4) is 5.75 Å². The number of hydrogen-bond acceptors (Lipinski definition) is 5. The predicted octanol–water partition coefficient (Wildman–Crippen LogP) is 3.02. The summed E-state index contributed by atoms with van der Waals surface area (Å²) in [5.74, 6) is -0.366. The molecule has 6 heteroatoms. The maximum absolute atomic E-state index is 12.4. The third-order valence-electron chi connectivity index (χ3n) is 3.60. The van der Waals surface area contributed by atoms with Crippen LogP contribution in [0.4, 0.5) is 5.69 Å². The molecule has 1 N–H and O–H groups in total. The van der Waals surface area contributed by atoms with Gasteiger partial charge in [-0.2, -0.15) is 0 Å². The minimum atomic E-state index is -0.918. The Kier molecular flexibility index (Phi) is 7.03. The maximum atomic E-state index is 12.4. The number of esters is 1. The molecule has 0 aromatic heterocycles. The highest BCUT2D eigenvalue weighted by molar-refractivity contribution is 5.99. The molecule has 128 valence electrons. The minimum Gasteiger partial charge on any atom is -0.493 e. The fourth-order valence-corrected chi connectivity index (χ4v) is 2.21. The first-order chi connectivity index (χ1) is 10.9. The van der Waals surface area contributed by atoms with Crippen molar-refractivity contribution in [1.82, 2.24) is 0 Å². The summed E-state index contributed by atoms with van der Waals surface area (Å²) in [6, 6.07) is 4.85. The average molecular weight is 323 g/mol. The second-order valence-electron chi connectivity index (χ2n) is 5.27. The Balaban J connectivity index is 3.05. The van der Waals surface area contributed by atoms with Crippen molar-refractivity contribution in [3.63, 3.8) is 0 Å². The van der Waals surface area contributed by atoms with Gasteiger partial charge in [0.05, 0.1) is 13.7 Å². The molecule has 0 aliphatic heterocycles. The first-order valence-electron chi connectivity index (χ1n) is 7.63. The Labute approximate surface area is 137 Å². The van der Waals surface area contributed by atoms with Crippen LogP contribution in [0.15, 0.2) is 18.2 Å². The SMILES string of the molecule is CCC[C@@](C)(OC)C(=O)Nc1ccc(OCC)c(C(=O)OC)c1. The molecule has 1 atom stereocenters. The highest BCUT2D eigenvalue weighted by Gasteiger charge is 2.32. The van der Waals surface area contributed by atoms with Crippen molar-refractivity contribution < 1.29 is 23.8 Å². The van der Waals surface area contributed by atoms with E-state index < -0.39 is 11.6 Å². The summed E-state index contributed by atoms with van der Waals surface area (Å²) in [7, 11) is 2.81. The van der Waals surface area contributed by atoms with Gasteiger partial charge in [0.25, 0.3) is 5.91 Å². The van der Waals surface area contributed by atoms with Gasteiger partial charge in [0.15, 0.2) is 0 Å². The lowest BCUT2D eigenvalue weighted by molar-refractivity contribution is -0.136. The number of rotatable bonds is 8. The van der Waals surface area contributed by atoms with Crippen molar-refractivity contribution in [1.29, 1.82) is 0 Å². The number of benzene rings is 1. The second-order valence-corrected chi connectivity index (χ2v) is 5.27. The van der Waals surface area contributed by atoms with Crippen LogP contribution in [0, 0.1) is 0 Å². The van der Waals surface area contributed by atoms with Crippen LogP contribution in [0.5, 0.6) is 5.75 Å². The van der Waals surface area contributed by atoms with Gasteiger partial charge in [-0.25, -0.2) is 4.79 Å². The molecule has 1 aromatic carbocycles. The van der Waals surface area contributed by atoms with Crippen molar-refractivity contribution in [3.05, 3.63) is 23.8 Å². The van der Waals surface area contributed by atoms with Crippen LogP contribution < -0.4 is 10.1 Å². The molecule has 0 unspecified atom stereocenters. The molecule has 0 saturated carbocycles. The molecule has 0 aliphatic carbocycles. The molecule has 0 saturated heterocycles. The molecule has 6 nitrogen and oxygen atoms in total. The van der Waals surface area contributed by atoms with Crippen LogP contribution >= 0.6 is 0 Å². The van der Waals surface area contributed by atoms with Crippen LogP contribution in [-0.2, 0) is 14.3 Å². The quantitative estimate of drug-likeness (QED) is 0.744. The third kappa shape index (κ3) is 4.69.